The number of nitrogens with zero attached hydrogens (tertiary/aromatic N) is 3. The van der Waals surface area contributed by atoms with Crippen LogP contribution in [0.4, 0.5) is 0 Å². The number of methoxy groups -OCH3 is 1. The average Bonchev–Trinajstić information content (AvgIpc) is 2.85. The van der Waals surface area contributed by atoms with Crippen LogP contribution in [-0.2, 0) is 16.1 Å². The number of aromatic nitrogens is 1. The van der Waals surface area contributed by atoms with E-state index in [4.69, 9.17) is 4.74 Å². The van der Waals surface area contributed by atoms with E-state index >= 15 is 0 Å². The van der Waals surface area contributed by atoms with E-state index < -0.39 is 5.97 Å². The van der Waals surface area contributed by atoms with Crippen LogP contribution in [0.25, 0.3) is 0 Å². The summed E-state index contributed by atoms with van der Waals surface area (Å²) in [5.41, 5.74) is 2.31. The molecule has 0 unspecified atom stereocenters. The predicted molar refractivity (Wildman–Crippen MR) is 108 cm³/mol. The molecule has 1 aromatic rings. The summed E-state index contributed by atoms with van der Waals surface area (Å²) in [7, 11) is 5.24. The summed E-state index contributed by atoms with van der Waals surface area (Å²) in [6.07, 6.45) is 2.89. The van der Waals surface area contributed by atoms with E-state index in [-0.39, 0.29) is 24.2 Å². The number of carbonyl (C=O) groups is 3. The topological polar surface area (TPSA) is 71.9 Å². The summed E-state index contributed by atoms with van der Waals surface area (Å²) < 4.78 is 6.72. The Morgan fingerprint density at radius 3 is 2.25 bits per heavy atom. The number of rotatable bonds is 9. The van der Waals surface area contributed by atoms with E-state index in [1.54, 1.807) is 11.8 Å². The summed E-state index contributed by atoms with van der Waals surface area (Å²) in [6, 6.07) is 0. The molecular formula is C21H33N3O4. The van der Waals surface area contributed by atoms with Gasteiger partial charge in [-0.15, -0.1) is 0 Å². The van der Waals surface area contributed by atoms with Crippen LogP contribution in [-0.4, -0.2) is 72.9 Å². The Kier molecular flexibility index (Phi) is 7.41. The van der Waals surface area contributed by atoms with Crippen LogP contribution in [0.1, 0.15) is 58.3 Å². The molecule has 28 heavy (non-hydrogen) atoms. The predicted octanol–water partition coefficient (Wildman–Crippen LogP) is 2.28. The van der Waals surface area contributed by atoms with Crippen molar-refractivity contribution in [1.82, 2.24) is 14.4 Å². The molecule has 7 nitrogen and oxygen atoms in total. The van der Waals surface area contributed by atoms with Gasteiger partial charge in [-0.25, -0.2) is 4.79 Å². The molecular weight excluding hydrogens is 358 g/mol. The Balaban J connectivity index is 2.30. The molecule has 2 rings (SSSR count). The summed E-state index contributed by atoms with van der Waals surface area (Å²) >= 11 is 0. The SMILES string of the molecule is CCn1c(C)c(C(=O)CN(CCN(C)C)C(=O)C2CCC2)c(C)c1C(=O)OC. The molecule has 0 bridgehead atoms. The van der Waals surface area contributed by atoms with Gasteiger partial charge in [0, 0.05) is 36.8 Å². The number of esters is 1. The third-order valence-electron chi connectivity index (χ3n) is 5.66. The second-order valence-electron chi connectivity index (χ2n) is 7.78. The maximum absolute atomic E-state index is 13.2. The quantitative estimate of drug-likeness (QED) is 0.477. The second kappa shape index (κ2) is 9.37. The third kappa shape index (κ3) is 4.46. The smallest absolute Gasteiger partial charge is 0.354 e. The third-order valence-corrected chi connectivity index (χ3v) is 5.66. The van der Waals surface area contributed by atoms with Gasteiger partial charge < -0.3 is 19.1 Å². The Labute approximate surface area is 167 Å². The lowest BCUT2D eigenvalue weighted by atomic mass is 9.84. The number of hydrogen-bond donors (Lipinski definition) is 0. The van der Waals surface area contributed by atoms with Crippen LogP contribution in [0.2, 0.25) is 0 Å². The maximum atomic E-state index is 13.2. The molecule has 1 heterocycles. The van der Waals surface area contributed by atoms with Crippen molar-refractivity contribution in [2.75, 3.05) is 40.8 Å². The first-order valence-electron chi connectivity index (χ1n) is 9.97. The lowest BCUT2D eigenvalue weighted by Gasteiger charge is -2.32. The minimum Gasteiger partial charge on any atom is -0.464 e. The lowest BCUT2D eigenvalue weighted by molar-refractivity contribution is -0.137. The van der Waals surface area contributed by atoms with Crippen LogP contribution in [0.5, 0.6) is 0 Å². The highest BCUT2D eigenvalue weighted by Crippen LogP contribution is 2.29. The van der Waals surface area contributed by atoms with Crippen molar-refractivity contribution >= 4 is 17.7 Å². The molecule has 0 radical (unpaired) electrons. The molecule has 1 saturated carbocycles. The lowest BCUT2D eigenvalue weighted by Crippen LogP contribution is -2.44. The molecule has 0 saturated heterocycles. The molecule has 0 aromatic carbocycles. The van der Waals surface area contributed by atoms with E-state index in [1.807, 2.05) is 37.4 Å². The van der Waals surface area contributed by atoms with Crippen LogP contribution in [0.15, 0.2) is 0 Å². The number of amides is 1. The zero-order chi connectivity index (χ0) is 21.0. The van der Waals surface area contributed by atoms with Crippen molar-refractivity contribution in [1.29, 1.82) is 0 Å². The first-order valence-corrected chi connectivity index (χ1v) is 9.97. The van der Waals surface area contributed by atoms with Gasteiger partial charge in [-0.2, -0.15) is 0 Å². The van der Waals surface area contributed by atoms with E-state index in [0.717, 1.165) is 25.0 Å². The largest absolute Gasteiger partial charge is 0.464 e. The first kappa shape index (κ1) is 22.1. The highest BCUT2D eigenvalue weighted by atomic mass is 16.5. The molecule has 1 aromatic heterocycles. The van der Waals surface area contributed by atoms with Gasteiger partial charge in [0.15, 0.2) is 5.78 Å². The molecule has 0 N–H and O–H groups in total. The molecule has 0 spiro atoms. The van der Waals surface area contributed by atoms with Gasteiger partial charge >= 0.3 is 5.97 Å². The number of ketones is 1. The highest BCUT2D eigenvalue weighted by Gasteiger charge is 2.32. The summed E-state index contributed by atoms with van der Waals surface area (Å²) in [5, 5.41) is 0. The normalized spacial score (nSPS) is 14.1. The van der Waals surface area contributed by atoms with Gasteiger partial charge in [-0.1, -0.05) is 6.42 Å². The fourth-order valence-electron chi connectivity index (χ4n) is 3.81. The number of ether oxygens (including phenoxy) is 1. The van der Waals surface area contributed by atoms with Crippen LogP contribution >= 0.6 is 0 Å². The Morgan fingerprint density at radius 1 is 1.14 bits per heavy atom. The Morgan fingerprint density at radius 2 is 1.79 bits per heavy atom. The summed E-state index contributed by atoms with van der Waals surface area (Å²) in [4.78, 5) is 41.9. The molecule has 0 aliphatic heterocycles. The first-order chi connectivity index (χ1) is 13.2. The highest BCUT2D eigenvalue weighted by molar-refractivity contribution is 6.04. The van der Waals surface area contributed by atoms with Gasteiger partial charge in [0.25, 0.3) is 0 Å². The van der Waals surface area contributed by atoms with Crippen LogP contribution in [0, 0.1) is 19.8 Å². The van der Waals surface area contributed by atoms with E-state index in [2.05, 4.69) is 0 Å². The summed E-state index contributed by atoms with van der Waals surface area (Å²) in [6.45, 7) is 7.37. The molecule has 1 fully saturated rings. The minimum absolute atomic E-state index is 0.0409. The van der Waals surface area contributed by atoms with Gasteiger partial charge in [0.1, 0.15) is 5.69 Å². The standard InChI is InChI=1S/C21H33N3O4/c1-7-24-15(3)18(14(2)19(24)21(27)28-6)17(25)13-23(12-11-22(4)5)20(26)16-9-8-10-16/h16H,7-13H2,1-6H3. The van der Waals surface area contributed by atoms with Crippen molar-refractivity contribution in [3.63, 3.8) is 0 Å². The van der Waals surface area contributed by atoms with Gasteiger partial charge in [0.2, 0.25) is 5.91 Å². The molecule has 7 heteroatoms. The molecule has 156 valence electrons. The van der Waals surface area contributed by atoms with Gasteiger partial charge in [-0.05, 0) is 53.3 Å². The van der Waals surface area contributed by atoms with E-state index in [0.29, 0.717) is 36.5 Å². The number of hydrogen-bond acceptors (Lipinski definition) is 5. The fraction of sp³-hybridized carbons (Fsp3) is 0.667. The minimum atomic E-state index is -0.448. The average molecular weight is 392 g/mol. The van der Waals surface area contributed by atoms with E-state index in [9.17, 15) is 14.4 Å². The van der Waals surface area contributed by atoms with Crippen molar-refractivity contribution in [3.05, 3.63) is 22.5 Å². The maximum Gasteiger partial charge on any atom is 0.354 e. The van der Waals surface area contributed by atoms with E-state index in [1.165, 1.54) is 7.11 Å². The fourth-order valence-corrected chi connectivity index (χ4v) is 3.81. The van der Waals surface area contributed by atoms with Crippen molar-refractivity contribution in [2.24, 2.45) is 5.92 Å². The second-order valence-corrected chi connectivity index (χ2v) is 7.78. The zero-order valence-electron chi connectivity index (χ0n) is 18.0. The molecule has 1 aliphatic carbocycles. The Hall–Kier alpha value is -2.15. The van der Waals surface area contributed by atoms with Crippen molar-refractivity contribution in [2.45, 2.75) is 46.6 Å². The molecule has 1 amide bonds. The monoisotopic (exact) mass is 391 g/mol. The number of likely N-dealkylation sites (N-methyl/N-ethyl adjacent to an activating group) is 1. The number of carbonyl (C=O) groups excluding carboxylic acids is 3. The van der Waals surface area contributed by atoms with Crippen molar-refractivity contribution in [3.8, 4) is 0 Å². The molecule has 0 atom stereocenters. The zero-order valence-corrected chi connectivity index (χ0v) is 18.0. The molecule has 1 aliphatic rings. The van der Waals surface area contributed by atoms with Crippen LogP contribution in [0.3, 0.4) is 0 Å². The Bertz CT molecular complexity index is 747. The van der Waals surface area contributed by atoms with Gasteiger partial charge in [-0.3, -0.25) is 9.59 Å². The summed E-state index contributed by atoms with van der Waals surface area (Å²) in [5.74, 6) is -0.460. The van der Waals surface area contributed by atoms with Crippen LogP contribution < -0.4 is 0 Å². The number of Topliss-reactive ketones (excluding diaryl/α,β-unsaturated/α-hetero) is 1. The van der Waals surface area contributed by atoms with Crippen molar-refractivity contribution < 1.29 is 19.1 Å². The van der Waals surface area contributed by atoms with Gasteiger partial charge in [0.05, 0.1) is 13.7 Å².